The highest BCUT2D eigenvalue weighted by atomic mass is 19.2. The zero-order chi connectivity index (χ0) is 23.5. The Balaban J connectivity index is 1.41. The number of nitrogens with one attached hydrogen (secondary N) is 1. The summed E-state index contributed by atoms with van der Waals surface area (Å²) in [5.74, 6) is -0.998. The number of benzene rings is 2. The number of fused-ring (bicyclic) bond motifs is 3. The minimum atomic E-state index is -0.953. The first kappa shape index (κ1) is 22.6. The van der Waals surface area contributed by atoms with Crippen LogP contribution in [0.3, 0.4) is 0 Å². The number of hydrogen-bond donors (Lipinski definition) is 1. The molecule has 2 aliphatic carbocycles. The molecule has 176 valence electrons. The number of amides is 1. The summed E-state index contributed by atoms with van der Waals surface area (Å²) in [4.78, 5) is 22.7. The fourth-order valence-electron chi connectivity index (χ4n) is 5.22. The smallest absolute Gasteiger partial charge is 0.229 e. The predicted octanol–water partition coefficient (Wildman–Crippen LogP) is 6.21. The van der Waals surface area contributed by atoms with Gasteiger partial charge in [-0.15, -0.1) is 0 Å². The minimum Gasteiger partial charge on any atom is -0.309 e. The van der Waals surface area contributed by atoms with Crippen LogP contribution in [0.2, 0.25) is 0 Å². The molecule has 5 rings (SSSR count). The Morgan fingerprint density at radius 3 is 2.62 bits per heavy atom. The van der Waals surface area contributed by atoms with Gasteiger partial charge in [0.15, 0.2) is 17.5 Å². The number of nitrogens with zero attached hydrogens (tertiary/aromatic N) is 2. The molecular formula is C28H29F2N3O. The van der Waals surface area contributed by atoms with Gasteiger partial charge in [-0.3, -0.25) is 4.79 Å². The molecule has 6 heteroatoms. The molecule has 0 spiro atoms. The molecule has 3 aromatic rings. The third-order valence-corrected chi connectivity index (χ3v) is 7.06. The summed E-state index contributed by atoms with van der Waals surface area (Å²) in [6.45, 7) is 0. The van der Waals surface area contributed by atoms with Crippen molar-refractivity contribution in [2.45, 2.75) is 64.2 Å². The second-order valence-electron chi connectivity index (χ2n) is 9.49. The van der Waals surface area contributed by atoms with Crippen molar-refractivity contribution < 1.29 is 13.6 Å². The van der Waals surface area contributed by atoms with Crippen molar-refractivity contribution >= 4 is 11.7 Å². The van der Waals surface area contributed by atoms with Crippen molar-refractivity contribution in [1.29, 1.82) is 0 Å². The lowest BCUT2D eigenvalue weighted by Gasteiger charge is -2.23. The molecule has 2 aliphatic rings. The molecule has 0 unspecified atom stereocenters. The molecule has 4 nitrogen and oxygen atoms in total. The summed E-state index contributed by atoms with van der Waals surface area (Å²) in [5, 5.41) is 2.93. The standard InChI is InChI=1S/C28H29F2N3O/c29-22-13-10-19(16-23(22)30)17-26(34)33-28-25(14-11-18-6-2-1-3-7-18)31-27-21-9-5-4-8-20(21)12-15-24(27)32-28/h4-5,8-10,13,16,18H,1-3,6-7,11-12,14-15,17H2,(H,32,33,34). The van der Waals surface area contributed by atoms with E-state index in [1.165, 1.54) is 43.7 Å². The molecule has 1 heterocycles. The second kappa shape index (κ2) is 10.00. The number of anilines is 1. The van der Waals surface area contributed by atoms with E-state index in [1.54, 1.807) is 0 Å². The van der Waals surface area contributed by atoms with Gasteiger partial charge in [-0.1, -0.05) is 62.4 Å². The monoisotopic (exact) mass is 461 g/mol. The van der Waals surface area contributed by atoms with E-state index in [9.17, 15) is 13.6 Å². The molecule has 0 aliphatic heterocycles. The quantitative estimate of drug-likeness (QED) is 0.475. The zero-order valence-corrected chi connectivity index (χ0v) is 19.2. The fourth-order valence-corrected chi connectivity index (χ4v) is 5.22. The van der Waals surface area contributed by atoms with E-state index in [1.807, 2.05) is 12.1 Å². The first-order valence-corrected chi connectivity index (χ1v) is 12.3. The maximum Gasteiger partial charge on any atom is 0.229 e. The Bertz CT molecular complexity index is 1200. The van der Waals surface area contributed by atoms with Gasteiger partial charge in [0.1, 0.15) is 0 Å². The van der Waals surface area contributed by atoms with Crippen LogP contribution in [0.25, 0.3) is 11.3 Å². The van der Waals surface area contributed by atoms with Gasteiger partial charge < -0.3 is 5.32 Å². The summed E-state index contributed by atoms with van der Waals surface area (Å²) in [6, 6.07) is 11.8. The van der Waals surface area contributed by atoms with Crippen LogP contribution in [-0.4, -0.2) is 15.9 Å². The fraction of sp³-hybridized carbons (Fsp3) is 0.393. The van der Waals surface area contributed by atoms with E-state index in [2.05, 4.69) is 17.4 Å². The maximum absolute atomic E-state index is 13.6. The number of carbonyl (C=O) groups is 1. The summed E-state index contributed by atoms with van der Waals surface area (Å²) in [5.41, 5.74) is 5.43. The summed E-state index contributed by atoms with van der Waals surface area (Å²) >= 11 is 0. The zero-order valence-electron chi connectivity index (χ0n) is 19.2. The molecule has 1 fully saturated rings. The number of aryl methyl sites for hydroxylation is 3. The van der Waals surface area contributed by atoms with Crippen LogP contribution in [0, 0.1) is 17.6 Å². The van der Waals surface area contributed by atoms with Crippen molar-refractivity contribution in [1.82, 2.24) is 9.97 Å². The molecule has 1 aromatic heterocycles. The van der Waals surface area contributed by atoms with Crippen LogP contribution in [0.5, 0.6) is 0 Å². The van der Waals surface area contributed by atoms with Crippen LogP contribution in [0.4, 0.5) is 14.6 Å². The van der Waals surface area contributed by atoms with Gasteiger partial charge in [-0.05, 0) is 54.9 Å². The maximum atomic E-state index is 13.6. The van der Waals surface area contributed by atoms with Gasteiger partial charge in [0.2, 0.25) is 5.91 Å². The Labute approximate surface area is 198 Å². The summed E-state index contributed by atoms with van der Waals surface area (Å²) in [6.07, 6.45) is 9.78. The summed E-state index contributed by atoms with van der Waals surface area (Å²) in [7, 11) is 0. The average Bonchev–Trinajstić information content (AvgIpc) is 2.85. The highest BCUT2D eigenvalue weighted by Crippen LogP contribution is 2.34. The van der Waals surface area contributed by atoms with Crippen LogP contribution in [0.15, 0.2) is 42.5 Å². The Hall–Kier alpha value is -3.15. The molecule has 0 saturated heterocycles. The summed E-state index contributed by atoms with van der Waals surface area (Å²) < 4.78 is 26.8. The van der Waals surface area contributed by atoms with Gasteiger partial charge in [0, 0.05) is 5.56 Å². The van der Waals surface area contributed by atoms with Crippen LogP contribution >= 0.6 is 0 Å². The van der Waals surface area contributed by atoms with E-state index in [0.29, 0.717) is 17.3 Å². The van der Waals surface area contributed by atoms with Crippen molar-refractivity contribution in [3.8, 4) is 11.3 Å². The Morgan fingerprint density at radius 1 is 0.971 bits per heavy atom. The lowest BCUT2D eigenvalue weighted by Crippen LogP contribution is -2.20. The lowest BCUT2D eigenvalue weighted by atomic mass is 9.85. The number of halogens is 2. The van der Waals surface area contributed by atoms with E-state index in [0.717, 1.165) is 60.5 Å². The van der Waals surface area contributed by atoms with E-state index in [4.69, 9.17) is 9.97 Å². The van der Waals surface area contributed by atoms with Gasteiger partial charge in [0.25, 0.3) is 0 Å². The molecule has 34 heavy (non-hydrogen) atoms. The molecule has 1 amide bonds. The largest absolute Gasteiger partial charge is 0.309 e. The molecule has 2 aromatic carbocycles. The van der Waals surface area contributed by atoms with Crippen molar-refractivity contribution in [2.75, 3.05) is 5.32 Å². The highest BCUT2D eigenvalue weighted by Gasteiger charge is 2.23. The van der Waals surface area contributed by atoms with E-state index >= 15 is 0 Å². The van der Waals surface area contributed by atoms with Crippen LogP contribution in [-0.2, 0) is 30.5 Å². The van der Waals surface area contributed by atoms with Gasteiger partial charge in [-0.2, -0.15) is 0 Å². The first-order valence-electron chi connectivity index (χ1n) is 12.3. The third kappa shape index (κ3) is 5.01. The van der Waals surface area contributed by atoms with Crippen LogP contribution < -0.4 is 5.32 Å². The van der Waals surface area contributed by atoms with Crippen molar-refractivity contribution in [3.05, 3.63) is 76.6 Å². The average molecular weight is 462 g/mol. The normalized spacial score (nSPS) is 15.5. The van der Waals surface area contributed by atoms with Crippen molar-refractivity contribution in [3.63, 3.8) is 0 Å². The van der Waals surface area contributed by atoms with Crippen LogP contribution in [0.1, 0.15) is 61.0 Å². The molecule has 1 saturated carbocycles. The highest BCUT2D eigenvalue weighted by molar-refractivity contribution is 5.92. The Kier molecular flexibility index (Phi) is 6.66. The van der Waals surface area contributed by atoms with Gasteiger partial charge >= 0.3 is 0 Å². The molecular weight excluding hydrogens is 432 g/mol. The molecule has 1 N–H and O–H groups in total. The SMILES string of the molecule is O=C(Cc1ccc(F)c(F)c1)Nc1nc2c(nc1CCC1CCCCC1)-c1ccccc1CC2. The number of carbonyl (C=O) groups excluding carboxylic acids is 1. The molecule has 0 atom stereocenters. The Morgan fingerprint density at radius 2 is 1.79 bits per heavy atom. The third-order valence-electron chi connectivity index (χ3n) is 7.06. The molecule has 0 radical (unpaired) electrons. The van der Waals surface area contributed by atoms with E-state index in [-0.39, 0.29) is 12.3 Å². The number of aromatic nitrogens is 2. The van der Waals surface area contributed by atoms with E-state index < -0.39 is 11.6 Å². The predicted molar refractivity (Wildman–Crippen MR) is 128 cm³/mol. The number of hydrogen-bond acceptors (Lipinski definition) is 3. The van der Waals surface area contributed by atoms with Gasteiger partial charge in [0.05, 0.1) is 23.5 Å². The lowest BCUT2D eigenvalue weighted by molar-refractivity contribution is -0.115. The van der Waals surface area contributed by atoms with Gasteiger partial charge in [-0.25, -0.2) is 18.7 Å². The second-order valence-corrected chi connectivity index (χ2v) is 9.49. The van der Waals surface area contributed by atoms with Crippen molar-refractivity contribution in [2.24, 2.45) is 5.92 Å². The minimum absolute atomic E-state index is 0.0547. The number of rotatable bonds is 6. The molecule has 0 bridgehead atoms. The first-order chi connectivity index (χ1) is 16.6. The topological polar surface area (TPSA) is 54.9 Å².